The Hall–Kier alpha value is -3.32. The number of hydrogen-bond acceptors (Lipinski definition) is 5. The van der Waals surface area contributed by atoms with Crippen molar-refractivity contribution in [3.8, 4) is 0 Å². The van der Waals surface area contributed by atoms with Crippen LogP contribution in [0.2, 0.25) is 5.02 Å². The molecule has 1 aromatic heterocycles. The number of allylic oxidation sites excluding steroid dienone is 6. The van der Waals surface area contributed by atoms with E-state index >= 15 is 0 Å². The van der Waals surface area contributed by atoms with E-state index in [9.17, 15) is 19.1 Å². The average Bonchev–Trinajstić information content (AvgIpc) is 2.84. The molecule has 2 aliphatic rings. The highest BCUT2D eigenvalue weighted by Crippen LogP contribution is 2.37. The lowest BCUT2D eigenvalue weighted by Gasteiger charge is -2.23. The van der Waals surface area contributed by atoms with Crippen LogP contribution in [0.4, 0.5) is 15.9 Å². The normalized spacial score (nSPS) is 20.7. The number of halogens is 2. The van der Waals surface area contributed by atoms with Gasteiger partial charge in [-0.3, -0.25) is 9.59 Å². The number of rotatable bonds is 7. The molecule has 0 saturated heterocycles. The van der Waals surface area contributed by atoms with E-state index in [2.05, 4.69) is 35.2 Å². The lowest BCUT2D eigenvalue weighted by Crippen LogP contribution is -2.17. The van der Waals surface area contributed by atoms with Crippen LogP contribution in [-0.2, 0) is 16.0 Å². The number of ketones is 1. The van der Waals surface area contributed by atoms with E-state index in [1.54, 1.807) is 6.07 Å². The number of aromatic nitrogens is 2. The predicted molar refractivity (Wildman–Crippen MR) is 143 cm³/mol. The van der Waals surface area contributed by atoms with Gasteiger partial charge in [-0.15, -0.1) is 0 Å². The van der Waals surface area contributed by atoms with Crippen LogP contribution in [0.25, 0.3) is 5.57 Å². The molecule has 2 N–H and O–H groups in total. The largest absolute Gasteiger partial charge is 0.481 e. The SMILES string of the molecule is CC(C)/C1=C/C(CCC(=O)O)=C(/C=C2\C(=O)CCc3ncnc(Nc4ccc(F)c(Cl)c4)c32)CCCC1. The van der Waals surface area contributed by atoms with Gasteiger partial charge in [0, 0.05) is 29.7 Å². The third-order valence-electron chi connectivity index (χ3n) is 6.87. The molecular formula is C29H31ClFN3O3. The smallest absolute Gasteiger partial charge is 0.303 e. The Bertz CT molecular complexity index is 1310. The van der Waals surface area contributed by atoms with Crippen LogP contribution in [0.3, 0.4) is 0 Å². The van der Waals surface area contributed by atoms with Crippen LogP contribution < -0.4 is 5.32 Å². The van der Waals surface area contributed by atoms with Crippen molar-refractivity contribution in [2.45, 2.75) is 65.2 Å². The molecule has 2 aromatic rings. The van der Waals surface area contributed by atoms with Crippen LogP contribution in [0.15, 0.2) is 53.4 Å². The molecule has 194 valence electrons. The van der Waals surface area contributed by atoms with Gasteiger partial charge >= 0.3 is 5.97 Å². The van der Waals surface area contributed by atoms with Crippen molar-refractivity contribution in [3.63, 3.8) is 0 Å². The molecule has 0 bridgehead atoms. The highest BCUT2D eigenvalue weighted by atomic mass is 35.5. The number of nitrogens with one attached hydrogen (secondary N) is 1. The molecule has 0 radical (unpaired) electrons. The van der Waals surface area contributed by atoms with Crippen LogP contribution in [0.1, 0.15) is 70.1 Å². The molecule has 0 atom stereocenters. The molecular weight excluding hydrogens is 493 g/mol. The fraction of sp³-hybridized carbons (Fsp3) is 0.379. The molecule has 0 aliphatic heterocycles. The molecule has 6 nitrogen and oxygen atoms in total. The van der Waals surface area contributed by atoms with E-state index in [0.29, 0.717) is 47.8 Å². The average molecular weight is 524 g/mol. The number of carbonyl (C=O) groups is 2. The van der Waals surface area contributed by atoms with Crippen molar-refractivity contribution >= 4 is 40.4 Å². The lowest BCUT2D eigenvalue weighted by molar-refractivity contribution is -0.136. The maximum absolute atomic E-state index is 13.7. The van der Waals surface area contributed by atoms with Gasteiger partial charge in [0.25, 0.3) is 0 Å². The van der Waals surface area contributed by atoms with E-state index in [1.807, 2.05) is 6.08 Å². The number of carboxylic acids is 1. The van der Waals surface area contributed by atoms with E-state index in [4.69, 9.17) is 11.6 Å². The first-order valence-electron chi connectivity index (χ1n) is 12.7. The summed E-state index contributed by atoms with van der Waals surface area (Å²) in [7, 11) is 0. The number of benzene rings is 1. The Morgan fingerprint density at radius 2 is 1.97 bits per heavy atom. The minimum absolute atomic E-state index is 0.0114. The van der Waals surface area contributed by atoms with Gasteiger partial charge in [0.1, 0.15) is 18.0 Å². The highest BCUT2D eigenvalue weighted by molar-refractivity contribution is 6.31. The topological polar surface area (TPSA) is 92.2 Å². The zero-order chi connectivity index (χ0) is 26.5. The zero-order valence-electron chi connectivity index (χ0n) is 21.1. The van der Waals surface area contributed by atoms with Gasteiger partial charge in [0.15, 0.2) is 5.78 Å². The summed E-state index contributed by atoms with van der Waals surface area (Å²) >= 11 is 5.97. The molecule has 2 aliphatic carbocycles. The molecule has 1 aromatic carbocycles. The third kappa shape index (κ3) is 6.52. The number of carbonyl (C=O) groups excluding carboxylic acids is 1. The van der Waals surface area contributed by atoms with Crippen molar-refractivity contribution in [3.05, 3.63) is 75.5 Å². The predicted octanol–water partition coefficient (Wildman–Crippen LogP) is 7.23. The van der Waals surface area contributed by atoms with E-state index < -0.39 is 11.8 Å². The monoisotopic (exact) mass is 523 g/mol. The number of hydrogen-bond donors (Lipinski definition) is 2. The molecule has 0 amide bonds. The second-order valence-corrected chi connectivity index (χ2v) is 10.2. The van der Waals surface area contributed by atoms with Crippen LogP contribution in [0.5, 0.6) is 0 Å². The molecule has 0 spiro atoms. The summed E-state index contributed by atoms with van der Waals surface area (Å²) in [4.78, 5) is 33.5. The lowest BCUT2D eigenvalue weighted by atomic mass is 9.84. The Kier molecular flexibility index (Phi) is 8.54. The number of fused-ring (bicyclic) bond motifs is 1. The van der Waals surface area contributed by atoms with Crippen LogP contribution >= 0.6 is 11.6 Å². The third-order valence-corrected chi connectivity index (χ3v) is 7.16. The first kappa shape index (κ1) is 26.7. The van der Waals surface area contributed by atoms with Crippen molar-refractivity contribution < 1.29 is 19.1 Å². The first-order chi connectivity index (χ1) is 17.7. The number of nitrogens with zero attached hydrogens (tertiary/aromatic N) is 2. The van der Waals surface area contributed by atoms with Crippen LogP contribution in [0, 0.1) is 11.7 Å². The fourth-order valence-corrected chi connectivity index (χ4v) is 5.00. The van der Waals surface area contributed by atoms with E-state index in [1.165, 1.54) is 24.0 Å². The number of carboxylic acid groups (broad SMARTS) is 1. The van der Waals surface area contributed by atoms with E-state index in [0.717, 1.165) is 42.5 Å². The maximum atomic E-state index is 13.7. The summed E-state index contributed by atoms with van der Waals surface area (Å²) in [6.07, 6.45) is 10.5. The minimum atomic E-state index is -0.849. The van der Waals surface area contributed by atoms with Gasteiger partial charge in [-0.2, -0.15) is 0 Å². The summed E-state index contributed by atoms with van der Waals surface area (Å²) in [5.74, 6) is -0.577. The molecule has 0 fully saturated rings. The van der Waals surface area contributed by atoms with Crippen molar-refractivity contribution in [2.75, 3.05) is 5.32 Å². The van der Waals surface area contributed by atoms with E-state index in [-0.39, 0.29) is 17.2 Å². The summed E-state index contributed by atoms with van der Waals surface area (Å²) < 4.78 is 13.7. The van der Waals surface area contributed by atoms with Gasteiger partial charge in [0.05, 0.1) is 10.7 Å². The molecule has 0 unspecified atom stereocenters. The number of anilines is 2. The highest BCUT2D eigenvalue weighted by Gasteiger charge is 2.27. The van der Waals surface area contributed by atoms with Gasteiger partial charge < -0.3 is 10.4 Å². The van der Waals surface area contributed by atoms with Gasteiger partial charge in [-0.1, -0.05) is 37.1 Å². The molecule has 37 heavy (non-hydrogen) atoms. The maximum Gasteiger partial charge on any atom is 0.303 e. The second kappa shape index (κ2) is 11.8. The van der Waals surface area contributed by atoms with Crippen molar-refractivity contribution in [1.82, 2.24) is 9.97 Å². The summed E-state index contributed by atoms with van der Waals surface area (Å²) in [6, 6.07) is 4.30. The number of Topliss-reactive ketones (excluding diaryl/α,β-unsaturated/α-hetero) is 1. The van der Waals surface area contributed by atoms with Crippen molar-refractivity contribution in [2.24, 2.45) is 5.92 Å². The quantitative estimate of drug-likeness (QED) is 0.372. The van der Waals surface area contributed by atoms with Gasteiger partial charge in [-0.05, 0) is 79.9 Å². The summed E-state index contributed by atoms with van der Waals surface area (Å²) in [6.45, 7) is 4.30. The molecule has 4 rings (SSSR count). The van der Waals surface area contributed by atoms with Gasteiger partial charge in [-0.25, -0.2) is 14.4 Å². The Morgan fingerprint density at radius 3 is 2.70 bits per heavy atom. The number of aryl methyl sites for hydroxylation is 1. The summed E-state index contributed by atoms with van der Waals surface area (Å²) in [5, 5.41) is 12.5. The Labute approximate surface area is 221 Å². The van der Waals surface area contributed by atoms with Gasteiger partial charge in [0.2, 0.25) is 0 Å². The van der Waals surface area contributed by atoms with Crippen molar-refractivity contribution in [1.29, 1.82) is 0 Å². The first-order valence-corrected chi connectivity index (χ1v) is 13.1. The second-order valence-electron chi connectivity index (χ2n) is 9.80. The molecule has 0 saturated carbocycles. The van der Waals surface area contributed by atoms with Crippen LogP contribution in [-0.4, -0.2) is 26.8 Å². The summed E-state index contributed by atoms with van der Waals surface area (Å²) in [5.41, 5.74) is 5.69. The molecule has 8 heteroatoms. The molecule has 1 heterocycles. The minimum Gasteiger partial charge on any atom is -0.481 e. The fourth-order valence-electron chi connectivity index (χ4n) is 4.82. The standard InChI is InChI=1S/C29H31ClFN3O3/c1-17(2)18-5-3-4-6-19(20(13-18)7-12-27(36)37)14-22-26(35)11-10-25-28(22)29(33-16-32-25)34-21-8-9-24(31)23(30)15-21/h8-9,13-17H,3-7,10-12H2,1-2H3,(H,36,37)(H,32,33,34)/b18-13+,20-19+,22-14+. The zero-order valence-corrected chi connectivity index (χ0v) is 21.9. The Morgan fingerprint density at radius 1 is 1.19 bits per heavy atom. The number of aliphatic carboxylic acids is 1. The Balaban J connectivity index is 1.84.